The summed E-state index contributed by atoms with van der Waals surface area (Å²) < 4.78 is 1.67. The molecule has 1 atom stereocenters. The number of thioether (sulfide) groups is 1. The Morgan fingerprint density at radius 2 is 2.37 bits per heavy atom. The molecule has 0 saturated carbocycles. The van der Waals surface area contributed by atoms with Gasteiger partial charge in [0.15, 0.2) is 0 Å². The lowest BCUT2D eigenvalue weighted by molar-refractivity contribution is 0.0943. The number of carbonyl (C=O) groups excluding carboxylic acids is 1. The maximum atomic E-state index is 12.2. The molecule has 5 nitrogen and oxygen atoms in total. The molecule has 3 N–H and O–H groups in total. The first-order valence-electron chi connectivity index (χ1n) is 6.86. The number of aromatic nitrogens is 2. The molecule has 1 aliphatic rings. The van der Waals surface area contributed by atoms with E-state index in [2.05, 4.69) is 10.4 Å². The Labute approximate surface area is 118 Å². The van der Waals surface area contributed by atoms with Gasteiger partial charge in [0.2, 0.25) is 0 Å². The first-order valence-corrected chi connectivity index (χ1v) is 7.91. The number of aryl methyl sites for hydroxylation is 2. The van der Waals surface area contributed by atoms with Gasteiger partial charge < -0.3 is 11.1 Å². The summed E-state index contributed by atoms with van der Waals surface area (Å²) in [5, 5.41) is 7.81. The lowest BCUT2D eigenvalue weighted by Crippen LogP contribution is -2.33. The van der Waals surface area contributed by atoms with Gasteiger partial charge in [-0.1, -0.05) is 6.42 Å². The van der Waals surface area contributed by atoms with Crippen LogP contribution in [-0.2, 0) is 6.54 Å². The molecule has 0 aliphatic carbocycles. The van der Waals surface area contributed by atoms with Crippen LogP contribution in [0.4, 0.5) is 5.69 Å². The molecule has 19 heavy (non-hydrogen) atoms. The number of nitrogens with one attached hydrogen (secondary N) is 1. The molecular formula is C13H22N4OS. The van der Waals surface area contributed by atoms with Crippen molar-refractivity contribution in [2.75, 3.05) is 18.0 Å². The lowest BCUT2D eigenvalue weighted by Gasteiger charge is -2.21. The van der Waals surface area contributed by atoms with E-state index in [0.29, 0.717) is 23.2 Å². The molecule has 0 aromatic carbocycles. The van der Waals surface area contributed by atoms with Crippen LogP contribution in [0.3, 0.4) is 0 Å². The third kappa shape index (κ3) is 3.23. The fourth-order valence-corrected chi connectivity index (χ4v) is 3.56. The van der Waals surface area contributed by atoms with Crippen LogP contribution in [0, 0.1) is 6.92 Å². The zero-order valence-corrected chi connectivity index (χ0v) is 12.4. The Hall–Kier alpha value is -1.17. The average Bonchev–Trinajstić information content (AvgIpc) is 2.73. The second kappa shape index (κ2) is 6.32. The molecular weight excluding hydrogens is 260 g/mol. The molecule has 1 aliphatic heterocycles. The number of amides is 1. The zero-order chi connectivity index (χ0) is 13.8. The van der Waals surface area contributed by atoms with Crippen LogP contribution >= 0.6 is 11.8 Å². The normalized spacial score (nSPS) is 19.4. The summed E-state index contributed by atoms with van der Waals surface area (Å²) in [6.07, 6.45) is 3.75. The molecule has 2 rings (SSSR count). The smallest absolute Gasteiger partial charge is 0.271 e. The molecule has 1 fully saturated rings. The predicted molar refractivity (Wildman–Crippen MR) is 79.5 cm³/mol. The summed E-state index contributed by atoms with van der Waals surface area (Å²) in [5.41, 5.74) is 7.66. The van der Waals surface area contributed by atoms with Crippen molar-refractivity contribution in [2.45, 2.75) is 44.9 Å². The number of nitrogens with two attached hydrogens (primary N) is 1. The van der Waals surface area contributed by atoms with Crippen molar-refractivity contribution in [3.8, 4) is 0 Å². The second-order valence-electron chi connectivity index (χ2n) is 4.86. The highest BCUT2D eigenvalue weighted by Crippen LogP contribution is 2.24. The van der Waals surface area contributed by atoms with Crippen molar-refractivity contribution in [3.05, 3.63) is 11.4 Å². The Morgan fingerprint density at radius 3 is 3.00 bits per heavy atom. The van der Waals surface area contributed by atoms with E-state index >= 15 is 0 Å². The van der Waals surface area contributed by atoms with Gasteiger partial charge in [-0.25, -0.2) is 0 Å². The van der Waals surface area contributed by atoms with Crippen LogP contribution in [-0.4, -0.2) is 33.2 Å². The second-order valence-corrected chi connectivity index (χ2v) is 6.27. The largest absolute Gasteiger partial charge is 0.395 e. The predicted octanol–water partition coefficient (Wildman–Crippen LogP) is 1.81. The fraction of sp³-hybridized carbons (Fsp3) is 0.692. The Bertz CT molecular complexity index is 452. The SMILES string of the molecule is CCn1nc(C)c(N)c1C(=O)NCC1CCCCS1. The topological polar surface area (TPSA) is 72.9 Å². The third-order valence-electron chi connectivity index (χ3n) is 3.45. The van der Waals surface area contributed by atoms with Crippen LogP contribution in [0.2, 0.25) is 0 Å². The Kier molecular flexibility index (Phi) is 4.74. The van der Waals surface area contributed by atoms with Crippen molar-refractivity contribution in [1.29, 1.82) is 0 Å². The van der Waals surface area contributed by atoms with E-state index < -0.39 is 0 Å². The van der Waals surface area contributed by atoms with Gasteiger partial charge in [0.25, 0.3) is 5.91 Å². The van der Waals surface area contributed by atoms with E-state index in [1.807, 2.05) is 25.6 Å². The van der Waals surface area contributed by atoms with Gasteiger partial charge in [-0.3, -0.25) is 9.48 Å². The van der Waals surface area contributed by atoms with Crippen molar-refractivity contribution < 1.29 is 4.79 Å². The molecule has 0 bridgehead atoms. The van der Waals surface area contributed by atoms with E-state index in [4.69, 9.17) is 5.73 Å². The minimum atomic E-state index is -0.105. The molecule has 1 unspecified atom stereocenters. The average molecular weight is 282 g/mol. The van der Waals surface area contributed by atoms with E-state index in [9.17, 15) is 4.79 Å². The summed E-state index contributed by atoms with van der Waals surface area (Å²) in [6.45, 7) is 5.16. The highest BCUT2D eigenvalue weighted by molar-refractivity contribution is 7.99. The minimum Gasteiger partial charge on any atom is -0.395 e. The zero-order valence-electron chi connectivity index (χ0n) is 11.6. The number of hydrogen-bond acceptors (Lipinski definition) is 4. The van der Waals surface area contributed by atoms with E-state index in [1.54, 1.807) is 4.68 Å². The highest BCUT2D eigenvalue weighted by atomic mass is 32.2. The molecule has 1 amide bonds. The van der Waals surface area contributed by atoms with Gasteiger partial charge >= 0.3 is 0 Å². The summed E-state index contributed by atoms with van der Waals surface area (Å²) >= 11 is 1.95. The first kappa shape index (κ1) is 14.2. The first-order chi connectivity index (χ1) is 9.13. The molecule has 1 aromatic heterocycles. The molecule has 6 heteroatoms. The van der Waals surface area contributed by atoms with Crippen molar-refractivity contribution in [1.82, 2.24) is 15.1 Å². The van der Waals surface area contributed by atoms with Crippen LogP contribution in [0.25, 0.3) is 0 Å². The lowest BCUT2D eigenvalue weighted by atomic mass is 10.2. The summed E-state index contributed by atoms with van der Waals surface area (Å²) in [7, 11) is 0. The van der Waals surface area contributed by atoms with Gasteiger partial charge in [-0.15, -0.1) is 0 Å². The number of anilines is 1. The van der Waals surface area contributed by atoms with Crippen LogP contribution in [0.1, 0.15) is 42.4 Å². The number of nitrogen functional groups attached to an aromatic ring is 1. The number of hydrogen-bond donors (Lipinski definition) is 2. The van der Waals surface area contributed by atoms with Crippen molar-refractivity contribution in [2.24, 2.45) is 0 Å². The number of rotatable bonds is 4. The van der Waals surface area contributed by atoms with Gasteiger partial charge in [-0.2, -0.15) is 16.9 Å². The number of nitrogens with zero attached hydrogens (tertiary/aromatic N) is 2. The molecule has 1 aromatic rings. The van der Waals surface area contributed by atoms with Gasteiger partial charge in [0.05, 0.1) is 11.4 Å². The summed E-state index contributed by atoms with van der Waals surface area (Å²) in [4.78, 5) is 12.2. The Balaban J connectivity index is 1.99. The molecule has 0 spiro atoms. The van der Waals surface area contributed by atoms with E-state index in [1.165, 1.54) is 25.0 Å². The standard InChI is InChI=1S/C13H22N4OS/c1-3-17-12(11(14)9(2)16-17)13(18)15-8-10-6-4-5-7-19-10/h10H,3-8,14H2,1-2H3,(H,15,18). The summed E-state index contributed by atoms with van der Waals surface area (Å²) in [6, 6.07) is 0. The number of carbonyl (C=O) groups is 1. The molecule has 1 saturated heterocycles. The van der Waals surface area contributed by atoms with Crippen LogP contribution in [0.15, 0.2) is 0 Å². The maximum absolute atomic E-state index is 12.2. The van der Waals surface area contributed by atoms with Gasteiger partial charge in [0.1, 0.15) is 5.69 Å². The molecule has 2 heterocycles. The quantitative estimate of drug-likeness (QED) is 0.883. The van der Waals surface area contributed by atoms with Crippen LogP contribution in [0.5, 0.6) is 0 Å². The van der Waals surface area contributed by atoms with Gasteiger partial charge in [0, 0.05) is 18.3 Å². The molecule has 106 valence electrons. The highest BCUT2D eigenvalue weighted by Gasteiger charge is 2.20. The van der Waals surface area contributed by atoms with E-state index in [-0.39, 0.29) is 5.91 Å². The van der Waals surface area contributed by atoms with Gasteiger partial charge in [-0.05, 0) is 32.4 Å². The maximum Gasteiger partial charge on any atom is 0.271 e. The molecule has 0 radical (unpaired) electrons. The van der Waals surface area contributed by atoms with E-state index in [0.717, 1.165) is 12.2 Å². The van der Waals surface area contributed by atoms with Crippen molar-refractivity contribution >= 4 is 23.4 Å². The van der Waals surface area contributed by atoms with Crippen molar-refractivity contribution in [3.63, 3.8) is 0 Å². The monoisotopic (exact) mass is 282 g/mol. The van der Waals surface area contributed by atoms with Crippen LogP contribution < -0.4 is 11.1 Å². The summed E-state index contributed by atoms with van der Waals surface area (Å²) in [5.74, 6) is 1.10. The minimum absolute atomic E-state index is 0.105. The Morgan fingerprint density at radius 1 is 1.58 bits per heavy atom. The third-order valence-corrected chi connectivity index (χ3v) is 4.85. The fourth-order valence-electron chi connectivity index (χ4n) is 2.32.